The van der Waals surface area contributed by atoms with Crippen molar-refractivity contribution in [1.29, 1.82) is 0 Å². The molecule has 2 amide bonds. The van der Waals surface area contributed by atoms with Gasteiger partial charge in [0.2, 0.25) is 11.8 Å². The van der Waals surface area contributed by atoms with Gasteiger partial charge in [0, 0.05) is 29.2 Å². The van der Waals surface area contributed by atoms with E-state index in [9.17, 15) is 22.4 Å². The Hall–Kier alpha value is -2.39. The molecule has 154 valence electrons. The second kappa shape index (κ2) is 8.54. The number of sulfone groups is 1. The summed E-state index contributed by atoms with van der Waals surface area (Å²) < 4.78 is 39.1. The van der Waals surface area contributed by atoms with Crippen molar-refractivity contribution in [2.24, 2.45) is 0 Å². The minimum atomic E-state index is -3.79. The van der Waals surface area contributed by atoms with Gasteiger partial charge in [-0.1, -0.05) is 0 Å². The molecule has 1 atom stereocenters. The number of anilines is 2. The fraction of sp³-hybridized carbons (Fsp3) is 0.300. The molecule has 0 radical (unpaired) electrons. The lowest BCUT2D eigenvalue weighted by atomic mass is 10.2. The second-order valence-electron chi connectivity index (χ2n) is 6.87. The van der Waals surface area contributed by atoms with E-state index in [0.29, 0.717) is 29.1 Å². The molecule has 1 aliphatic heterocycles. The molecule has 0 saturated carbocycles. The van der Waals surface area contributed by atoms with Gasteiger partial charge in [0.05, 0.1) is 15.8 Å². The third-order valence-corrected chi connectivity index (χ3v) is 7.82. The lowest BCUT2D eigenvalue weighted by molar-refractivity contribution is -0.116. The number of carbonyl (C=O) groups excluding carboxylic acids is 2. The monoisotopic (exact) mass is 436 g/mol. The van der Waals surface area contributed by atoms with Gasteiger partial charge in [-0.2, -0.15) is 0 Å². The van der Waals surface area contributed by atoms with Crippen LogP contribution in [-0.2, 0) is 19.4 Å². The molecular weight excluding hydrogens is 415 g/mol. The molecule has 0 aliphatic carbocycles. The highest BCUT2D eigenvalue weighted by Gasteiger charge is 2.27. The molecule has 1 aliphatic rings. The lowest BCUT2D eigenvalue weighted by Gasteiger charge is -2.15. The number of rotatable bonds is 5. The molecule has 0 saturated heterocycles. The first-order valence-corrected chi connectivity index (χ1v) is 11.6. The van der Waals surface area contributed by atoms with Gasteiger partial charge in [0.25, 0.3) is 0 Å². The summed E-state index contributed by atoms with van der Waals surface area (Å²) in [6.45, 7) is 3.12. The van der Waals surface area contributed by atoms with E-state index < -0.39 is 26.8 Å². The van der Waals surface area contributed by atoms with E-state index in [1.165, 1.54) is 49.0 Å². The van der Waals surface area contributed by atoms with E-state index in [2.05, 4.69) is 10.6 Å². The van der Waals surface area contributed by atoms with Gasteiger partial charge in [0.1, 0.15) is 5.82 Å². The summed E-state index contributed by atoms with van der Waals surface area (Å²) in [5, 5.41) is 4.37. The number of nitrogens with one attached hydrogen (secondary N) is 2. The average Bonchev–Trinajstić information content (AvgIpc) is 2.83. The van der Waals surface area contributed by atoms with Crippen LogP contribution in [0.3, 0.4) is 0 Å². The molecule has 0 aromatic heterocycles. The maximum Gasteiger partial charge on any atom is 0.225 e. The van der Waals surface area contributed by atoms with Crippen LogP contribution in [0.15, 0.2) is 46.2 Å². The molecule has 2 aromatic carbocycles. The number of thioether (sulfide) groups is 1. The number of aryl methyl sites for hydroxylation is 1. The number of halogens is 1. The van der Waals surface area contributed by atoms with Crippen molar-refractivity contribution < 1.29 is 22.4 Å². The third-order valence-electron chi connectivity index (χ3n) is 4.61. The molecule has 29 heavy (non-hydrogen) atoms. The predicted octanol–water partition coefficient (Wildman–Crippen LogP) is 3.76. The highest BCUT2D eigenvalue weighted by atomic mass is 32.2. The minimum Gasteiger partial charge on any atom is -0.326 e. The number of hydrogen-bond donors (Lipinski definition) is 2. The zero-order chi connectivity index (χ0) is 21.2. The van der Waals surface area contributed by atoms with Crippen molar-refractivity contribution in [3.63, 3.8) is 0 Å². The van der Waals surface area contributed by atoms with Crippen molar-refractivity contribution in [2.45, 2.75) is 41.7 Å². The summed E-state index contributed by atoms with van der Waals surface area (Å²) in [5.41, 5.74) is 1.45. The maximum atomic E-state index is 13.2. The summed E-state index contributed by atoms with van der Waals surface area (Å²) in [6, 6.07) is 8.57. The molecular formula is C20H21FN2O4S2. The van der Waals surface area contributed by atoms with Crippen molar-refractivity contribution in [3.05, 3.63) is 47.8 Å². The molecule has 1 heterocycles. The summed E-state index contributed by atoms with van der Waals surface area (Å²) in [6.07, 6.45) is 0.109. The van der Waals surface area contributed by atoms with Crippen LogP contribution in [0.25, 0.3) is 0 Å². The first-order valence-electron chi connectivity index (χ1n) is 9.03. The first-order chi connectivity index (χ1) is 13.7. The van der Waals surface area contributed by atoms with Crippen LogP contribution in [0.5, 0.6) is 0 Å². The second-order valence-corrected chi connectivity index (χ2v) is 10.4. The molecule has 2 N–H and O–H groups in total. The largest absolute Gasteiger partial charge is 0.326 e. The first kappa shape index (κ1) is 21.3. The van der Waals surface area contributed by atoms with E-state index in [1.54, 1.807) is 13.0 Å². The summed E-state index contributed by atoms with van der Waals surface area (Å²) in [4.78, 5) is 25.0. The zero-order valence-electron chi connectivity index (χ0n) is 16.0. The number of benzene rings is 2. The summed E-state index contributed by atoms with van der Waals surface area (Å²) in [7, 11) is -3.79. The normalized spacial score (nSPS) is 15.1. The van der Waals surface area contributed by atoms with E-state index >= 15 is 0 Å². The predicted molar refractivity (Wildman–Crippen MR) is 111 cm³/mol. The van der Waals surface area contributed by atoms with Gasteiger partial charge < -0.3 is 10.6 Å². The standard InChI is InChI=1S/C20H21FN2O4S2/c1-12-9-14(21)3-5-16(12)22-20(25)10-13(2)29(26,27)15-4-6-18-17(11-15)23-19(24)7-8-28-18/h3-6,9,11,13H,7-8,10H2,1-2H3,(H,22,25)(H,23,24). The molecule has 1 unspecified atom stereocenters. The Morgan fingerprint density at radius 2 is 2.03 bits per heavy atom. The molecule has 9 heteroatoms. The minimum absolute atomic E-state index is 0.0531. The van der Waals surface area contributed by atoms with Gasteiger partial charge in [-0.15, -0.1) is 11.8 Å². The number of carbonyl (C=O) groups is 2. The Balaban J connectivity index is 1.75. The highest BCUT2D eigenvalue weighted by Crippen LogP contribution is 2.33. The van der Waals surface area contributed by atoms with Crippen molar-refractivity contribution in [2.75, 3.05) is 16.4 Å². The van der Waals surface area contributed by atoms with E-state index in [1.807, 2.05) is 0 Å². The van der Waals surface area contributed by atoms with Gasteiger partial charge >= 0.3 is 0 Å². The van der Waals surface area contributed by atoms with Gasteiger partial charge in [-0.05, 0) is 55.8 Å². The van der Waals surface area contributed by atoms with Gasteiger partial charge in [-0.3, -0.25) is 9.59 Å². The van der Waals surface area contributed by atoms with Crippen LogP contribution < -0.4 is 10.6 Å². The Labute approximate surface area is 173 Å². The third kappa shape index (κ3) is 4.97. The summed E-state index contributed by atoms with van der Waals surface area (Å²) >= 11 is 1.49. The van der Waals surface area contributed by atoms with Crippen LogP contribution >= 0.6 is 11.8 Å². The maximum absolute atomic E-state index is 13.2. The van der Waals surface area contributed by atoms with E-state index in [0.717, 1.165) is 4.90 Å². The smallest absolute Gasteiger partial charge is 0.225 e. The quantitative estimate of drug-likeness (QED) is 0.745. The molecule has 2 aromatic rings. The molecule has 6 nitrogen and oxygen atoms in total. The van der Waals surface area contributed by atoms with Crippen LogP contribution in [0.4, 0.5) is 15.8 Å². The van der Waals surface area contributed by atoms with Crippen LogP contribution in [-0.4, -0.2) is 31.2 Å². The summed E-state index contributed by atoms with van der Waals surface area (Å²) in [5.74, 6) is -0.420. The number of hydrogen-bond acceptors (Lipinski definition) is 5. The van der Waals surface area contributed by atoms with E-state index in [-0.39, 0.29) is 17.2 Å². The van der Waals surface area contributed by atoms with Crippen LogP contribution in [0.2, 0.25) is 0 Å². The SMILES string of the molecule is Cc1cc(F)ccc1NC(=O)CC(C)S(=O)(=O)c1ccc2c(c1)NC(=O)CCS2. The Bertz CT molecular complexity index is 1070. The molecule has 0 spiro atoms. The van der Waals surface area contributed by atoms with Crippen LogP contribution in [0.1, 0.15) is 25.3 Å². The average molecular weight is 437 g/mol. The van der Waals surface area contributed by atoms with Crippen molar-refractivity contribution in [1.82, 2.24) is 0 Å². The van der Waals surface area contributed by atoms with Crippen molar-refractivity contribution in [3.8, 4) is 0 Å². The fourth-order valence-corrected chi connectivity index (χ4v) is 5.26. The molecule has 3 rings (SSSR count). The molecule has 0 fully saturated rings. The number of amides is 2. The van der Waals surface area contributed by atoms with Crippen molar-refractivity contribution >= 4 is 44.8 Å². The zero-order valence-corrected chi connectivity index (χ0v) is 17.6. The van der Waals surface area contributed by atoms with Gasteiger partial charge in [-0.25, -0.2) is 12.8 Å². The topological polar surface area (TPSA) is 92.3 Å². The Kier molecular flexibility index (Phi) is 6.28. The van der Waals surface area contributed by atoms with E-state index in [4.69, 9.17) is 0 Å². The highest BCUT2D eigenvalue weighted by molar-refractivity contribution is 7.99. The Morgan fingerprint density at radius 3 is 2.76 bits per heavy atom. The van der Waals surface area contributed by atoms with Crippen LogP contribution in [0, 0.1) is 12.7 Å². The Morgan fingerprint density at radius 1 is 1.28 bits per heavy atom. The molecule has 0 bridgehead atoms. The number of fused-ring (bicyclic) bond motifs is 1. The fourth-order valence-electron chi connectivity index (χ4n) is 2.95. The van der Waals surface area contributed by atoms with Gasteiger partial charge in [0.15, 0.2) is 9.84 Å². The lowest BCUT2D eigenvalue weighted by Crippen LogP contribution is -2.25.